The molecule has 0 spiro atoms. The van der Waals surface area contributed by atoms with Crippen molar-refractivity contribution >= 4 is 48.9 Å². The topological polar surface area (TPSA) is 17.8 Å². The number of fused-ring (bicyclic) bond motifs is 5. The summed E-state index contributed by atoms with van der Waals surface area (Å²) in [4.78, 5) is 5.26. The van der Waals surface area contributed by atoms with Crippen LogP contribution in [-0.2, 0) is 0 Å². The summed E-state index contributed by atoms with van der Waals surface area (Å²) in [5.74, 6) is 1.38. The molecule has 10 rings (SSSR count). The molecule has 2 heteroatoms. The molecule has 7 aromatic carbocycles. The Morgan fingerprint density at radius 3 is 2.20 bits per heavy atom. The van der Waals surface area contributed by atoms with Crippen molar-refractivity contribution in [1.82, 2.24) is 9.55 Å². The third kappa shape index (κ3) is 4.52. The molecule has 0 amide bonds. The van der Waals surface area contributed by atoms with E-state index >= 15 is 0 Å². The van der Waals surface area contributed by atoms with E-state index in [1.54, 1.807) is 0 Å². The molecule has 1 unspecified atom stereocenters. The van der Waals surface area contributed by atoms with Crippen molar-refractivity contribution in [3.8, 4) is 28.2 Å². The zero-order valence-electron chi connectivity index (χ0n) is 26.9. The molecule has 0 fully saturated rings. The lowest BCUT2D eigenvalue weighted by atomic mass is 9.80. The van der Waals surface area contributed by atoms with Crippen LogP contribution < -0.4 is 0 Å². The van der Waals surface area contributed by atoms with E-state index in [9.17, 15) is 0 Å². The van der Waals surface area contributed by atoms with Gasteiger partial charge in [0.15, 0.2) is 0 Å². The Labute approximate surface area is 285 Å². The maximum Gasteiger partial charge on any atom is 0.145 e. The predicted octanol–water partition coefficient (Wildman–Crippen LogP) is 12.3. The zero-order chi connectivity index (χ0) is 32.3. The Morgan fingerprint density at radius 1 is 0.571 bits per heavy atom. The Bertz CT molecular complexity index is 2740. The first kappa shape index (κ1) is 27.8. The maximum absolute atomic E-state index is 5.26. The first-order valence-corrected chi connectivity index (χ1v) is 17.1. The second-order valence-corrected chi connectivity index (χ2v) is 13.1. The van der Waals surface area contributed by atoms with Crippen molar-refractivity contribution in [1.29, 1.82) is 0 Å². The van der Waals surface area contributed by atoms with Gasteiger partial charge in [-0.25, -0.2) is 4.98 Å². The molecule has 1 atom stereocenters. The van der Waals surface area contributed by atoms with E-state index < -0.39 is 0 Å². The van der Waals surface area contributed by atoms with E-state index in [1.807, 2.05) is 0 Å². The third-order valence-electron chi connectivity index (χ3n) is 10.3. The van der Waals surface area contributed by atoms with Gasteiger partial charge in [-0.05, 0) is 103 Å². The average molecular weight is 625 g/mol. The largest absolute Gasteiger partial charge is 0.292 e. The van der Waals surface area contributed by atoms with Crippen molar-refractivity contribution in [3.05, 3.63) is 187 Å². The van der Waals surface area contributed by atoms with Crippen molar-refractivity contribution in [3.63, 3.8) is 0 Å². The van der Waals surface area contributed by atoms with Crippen LogP contribution in [0.1, 0.15) is 12.0 Å². The van der Waals surface area contributed by atoms with Gasteiger partial charge in [0, 0.05) is 17.2 Å². The highest BCUT2D eigenvalue weighted by Crippen LogP contribution is 2.46. The number of hydrogen-bond donors (Lipinski definition) is 0. The molecule has 0 aliphatic heterocycles. The molecule has 0 saturated heterocycles. The molecular weight excluding hydrogens is 593 g/mol. The summed E-state index contributed by atoms with van der Waals surface area (Å²) in [6.07, 6.45) is 14.8. The normalized spacial score (nSPS) is 15.6. The SMILES string of the molecule is C1=CC2=CC(c3c4ccccc4c(-c4ccc5ccccc5c4)c4cc(-c5nc6ccccc6n5-c5ccccc5)ccc34)=CCC2C=C1. The number of aromatic nitrogens is 2. The van der Waals surface area contributed by atoms with Gasteiger partial charge in [0.05, 0.1) is 11.0 Å². The van der Waals surface area contributed by atoms with Crippen LogP contribution in [0.2, 0.25) is 0 Å². The van der Waals surface area contributed by atoms with Gasteiger partial charge in [-0.1, -0.05) is 140 Å². The number of para-hydroxylation sites is 3. The smallest absolute Gasteiger partial charge is 0.145 e. The summed E-state index contributed by atoms with van der Waals surface area (Å²) in [6, 6.07) is 50.5. The highest BCUT2D eigenvalue weighted by atomic mass is 15.1. The molecule has 8 aromatic rings. The van der Waals surface area contributed by atoms with Crippen LogP contribution in [0.15, 0.2) is 182 Å². The lowest BCUT2D eigenvalue weighted by molar-refractivity contribution is 0.783. The quantitative estimate of drug-likeness (QED) is 0.178. The summed E-state index contributed by atoms with van der Waals surface area (Å²) in [6.45, 7) is 0. The van der Waals surface area contributed by atoms with Gasteiger partial charge in [-0.15, -0.1) is 0 Å². The van der Waals surface area contributed by atoms with Crippen molar-refractivity contribution in [2.75, 3.05) is 0 Å². The second-order valence-electron chi connectivity index (χ2n) is 13.1. The molecule has 2 aliphatic rings. The van der Waals surface area contributed by atoms with Gasteiger partial charge in [0.2, 0.25) is 0 Å². The lowest BCUT2D eigenvalue weighted by Gasteiger charge is -2.24. The highest BCUT2D eigenvalue weighted by molar-refractivity contribution is 6.20. The Morgan fingerprint density at radius 2 is 1.31 bits per heavy atom. The van der Waals surface area contributed by atoms with Crippen molar-refractivity contribution in [2.24, 2.45) is 5.92 Å². The number of imidazole rings is 1. The molecule has 2 aliphatic carbocycles. The van der Waals surface area contributed by atoms with Gasteiger partial charge in [0.25, 0.3) is 0 Å². The van der Waals surface area contributed by atoms with Gasteiger partial charge in [-0.3, -0.25) is 4.57 Å². The van der Waals surface area contributed by atoms with Gasteiger partial charge in [0.1, 0.15) is 5.82 Å². The molecule has 0 saturated carbocycles. The molecule has 230 valence electrons. The standard InChI is InChI=1S/C47H32N2/c1-2-16-38(17-3-1)49-44-21-11-10-20-43(44)48-47(49)37-26-27-41-42(30-37)46(36-25-23-32-13-5-7-15-34(32)29-36)40-19-9-8-18-39(40)45(41)35-24-22-31-12-4-6-14-33(31)28-35/h1-21,23-31H,22H2. The minimum absolute atomic E-state index is 0.445. The van der Waals surface area contributed by atoms with Crippen molar-refractivity contribution < 1.29 is 0 Å². The van der Waals surface area contributed by atoms with Crippen molar-refractivity contribution in [2.45, 2.75) is 6.42 Å². The molecule has 2 nitrogen and oxygen atoms in total. The Kier molecular flexibility index (Phi) is 6.35. The second kappa shape index (κ2) is 11.2. The van der Waals surface area contributed by atoms with E-state index in [-0.39, 0.29) is 0 Å². The van der Waals surface area contributed by atoms with Gasteiger partial charge in [-0.2, -0.15) is 0 Å². The first-order valence-electron chi connectivity index (χ1n) is 17.1. The van der Waals surface area contributed by atoms with E-state index in [4.69, 9.17) is 4.98 Å². The highest BCUT2D eigenvalue weighted by Gasteiger charge is 2.23. The molecular formula is C47H32N2. The molecule has 49 heavy (non-hydrogen) atoms. The predicted molar refractivity (Wildman–Crippen MR) is 207 cm³/mol. The van der Waals surface area contributed by atoms with Gasteiger partial charge >= 0.3 is 0 Å². The van der Waals surface area contributed by atoms with E-state index in [2.05, 4.69) is 181 Å². The zero-order valence-corrected chi connectivity index (χ0v) is 26.9. The summed E-state index contributed by atoms with van der Waals surface area (Å²) in [7, 11) is 0. The monoisotopic (exact) mass is 624 g/mol. The summed E-state index contributed by atoms with van der Waals surface area (Å²) >= 11 is 0. The summed E-state index contributed by atoms with van der Waals surface area (Å²) in [5, 5.41) is 7.51. The number of nitrogens with zero attached hydrogens (tertiary/aromatic N) is 2. The summed E-state index contributed by atoms with van der Waals surface area (Å²) < 4.78 is 2.30. The minimum atomic E-state index is 0.445. The van der Waals surface area contributed by atoms with Crippen LogP contribution in [-0.4, -0.2) is 9.55 Å². The fourth-order valence-corrected chi connectivity index (χ4v) is 7.98. The van der Waals surface area contributed by atoms with E-state index in [1.165, 1.54) is 60.2 Å². The third-order valence-corrected chi connectivity index (χ3v) is 10.3. The molecule has 0 radical (unpaired) electrons. The van der Waals surface area contributed by atoms with Crippen LogP contribution in [0.5, 0.6) is 0 Å². The number of allylic oxidation sites excluding steroid dienone is 8. The number of hydrogen-bond acceptors (Lipinski definition) is 1. The van der Waals surface area contributed by atoms with Crippen LogP contribution >= 0.6 is 0 Å². The molecule has 0 N–H and O–H groups in total. The van der Waals surface area contributed by atoms with Crippen LogP contribution in [0.3, 0.4) is 0 Å². The van der Waals surface area contributed by atoms with Crippen LogP contribution in [0.4, 0.5) is 0 Å². The van der Waals surface area contributed by atoms with Gasteiger partial charge < -0.3 is 0 Å². The van der Waals surface area contributed by atoms with E-state index in [0.717, 1.165) is 34.5 Å². The minimum Gasteiger partial charge on any atom is -0.292 e. The maximum atomic E-state index is 5.26. The Hall–Kier alpha value is -6.25. The molecule has 0 bridgehead atoms. The first-order chi connectivity index (χ1) is 24.3. The lowest BCUT2D eigenvalue weighted by Crippen LogP contribution is -2.06. The summed E-state index contributed by atoms with van der Waals surface area (Å²) in [5.41, 5.74) is 10.7. The van der Waals surface area contributed by atoms with Crippen LogP contribution in [0, 0.1) is 5.92 Å². The molecule has 1 heterocycles. The Balaban J connectivity index is 1.30. The average Bonchev–Trinajstić information content (AvgIpc) is 3.56. The van der Waals surface area contributed by atoms with E-state index in [0.29, 0.717) is 5.92 Å². The fraction of sp³-hybridized carbons (Fsp3) is 0.0426. The fourth-order valence-electron chi connectivity index (χ4n) is 7.98. The van der Waals surface area contributed by atoms with Crippen LogP contribution in [0.25, 0.3) is 77.1 Å². The molecule has 1 aromatic heterocycles. The number of rotatable bonds is 4. The number of benzene rings is 7.